The SMILES string of the molecule is [2H]C1([2H])NC(C)c2cc(Cl)c(Cl)cc21. The Hall–Kier alpha value is -0.240. The second kappa shape index (κ2) is 2.91. The summed E-state index contributed by atoms with van der Waals surface area (Å²) in [6.45, 7) is 0.386. The summed E-state index contributed by atoms with van der Waals surface area (Å²) in [7, 11) is 0. The molecule has 0 saturated carbocycles. The Morgan fingerprint density at radius 1 is 1.50 bits per heavy atom. The third-order valence-electron chi connectivity index (χ3n) is 1.98. The van der Waals surface area contributed by atoms with Crippen molar-refractivity contribution in [2.75, 3.05) is 0 Å². The van der Waals surface area contributed by atoms with Gasteiger partial charge >= 0.3 is 0 Å². The minimum atomic E-state index is -1.51. The van der Waals surface area contributed by atoms with E-state index in [1.807, 2.05) is 6.92 Å². The normalized spacial score (nSPS) is 27.8. The van der Waals surface area contributed by atoms with Crippen LogP contribution in [-0.4, -0.2) is 0 Å². The predicted molar refractivity (Wildman–Crippen MR) is 51.7 cm³/mol. The zero-order valence-electron chi connectivity index (χ0n) is 8.49. The Morgan fingerprint density at radius 2 is 2.17 bits per heavy atom. The maximum absolute atomic E-state index is 7.72. The van der Waals surface area contributed by atoms with Crippen LogP contribution in [0, 0.1) is 0 Å². The Bertz CT molecular complexity index is 393. The molecule has 3 heteroatoms. The van der Waals surface area contributed by atoms with Gasteiger partial charge in [-0.05, 0) is 30.2 Å². The molecule has 0 amide bonds. The molecule has 64 valence electrons. The molecular formula is C9H9Cl2N. The molecule has 1 aromatic carbocycles. The smallest absolute Gasteiger partial charge is 0.0595 e. The van der Waals surface area contributed by atoms with Crippen LogP contribution in [0.3, 0.4) is 0 Å². The fourth-order valence-corrected chi connectivity index (χ4v) is 1.63. The van der Waals surface area contributed by atoms with Gasteiger partial charge in [-0.25, -0.2) is 0 Å². The molecule has 0 fully saturated rings. The number of nitrogens with one attached hydrogen (secondary N) is 1. The molecule has 0 saturated heterocycles. The zero-order valence-corrected chi connectivity index (χ0v) is 8.00. The summed E-state index contributed by atoms with van der Waals surface area (Å²) in [5, 5.41) is 3.69. The van der Waals surface area contributed by atoms with Crippen molar-refractivity contribution in [2.24, 2.45) is 0 Å². The van der Waals surface area contributed by atoms with Gasteiger partial charge in [0.25, 0.3) is 0 Å². The van der Waals surface area contributed by atoms with Gasteiger partial charge in [-0.15, -0.1) is 0 Å². The summed E-state index contributed by atoms with van der Waals surface area (Å²) in [6, 6.07) is 3.28. The van der Waals surface area contributed by atoms with Gasteiger partial charge in [0.2, 0.25) is 0 Å². The van der Waals surface area contributed by atoms with Crippen LogP contribution in [0.2, 0.25) is 10.0 Å². The minimum absolute atomic E-state index is 0.0326. The Kier molecular flexibility index (Phi) is 1.52. The maximum atomic E-state index is 7.72. The van der Waals surface area contributed by atoms with Crippen molar-refractivity contribution in [2.45, 2.75) is 19.5 Å². The molecule has 1 unspecified atom stereocenters. The topological polar surface area (TPSA) is 12.0 Å². The van der Waals surface area contributed by atoms with Crippen molar-refractivity contribution in [3.8, 4) is 0 Å². The van der Waals surface area contributed by atoms with Gasteiger partial charge in [-0.3, -0.25) is 0 Å². The number of hydrogen-bond donors (Lipinski definition) is 1. The molecule has 0 aliphatic carbocycles. The summed E-state index contributed by atoms with van der Waals surface area (Å²) >= 11 is 11.7. The molecule has 0 bridgehead atoms. The van der Waals surface area contributed by atoms with Crippen LogP contribution in [0.25, 0.3) is 0 Å². The Labute approximate surface area is 84.5 Å². The van der Waals surface area contributed by atoms with Gasteiger partial charge in [0.05, 0.1) is 10.0 Å². The molecule has 1 atom stereocenters. The first-order valence-corrected chi connectivity index (χ1v) is 4.44. The standard InChI is InChI=1S/C9H9Cl2N/c1-5-7-3-9(11)8(10)2-6(7)4-12-5/h2-3,5,12H,4H2,1H3/i4D2. The number of fused-ring (bicyclic) bond motifs is 1. The fraction of sp³-hybridized carbons (Fsp3) is 0.333. The third-order valence-corrected chi connectivity index (χ3v) is 2.70. The summed E-state index contributed by atoms with van der Waals surface area (Å²) < 4.78 is 15.4. The summed E-state index contributed by atoms with van der Waals surface area (Å²) in [6.07, 6.45) is 0. The first-order valence-electron chi connectivity index (χ1n) is 4.69. The second-order valence-electron chi connectivity index (χ2n) is 2.84. The van der Waals surface area contributed by atoms with Crippen molar-refractivity contribution in [1.29, 1.82) is 0 Å². The van der Waals surface area contributed by atoms with Crippen LogP contribution in [0.1, 0.15) is 26.8 Å². The number of benzene rings is 1. The van der Waals surface area contributed by atoms with Crippen molar-refractivity contribution in [3.63, 3.8) is 0 Å². The first kappa shape index (κ1) is 6.25. The van der Waals surface area contributed by atoms with Crippen molar-refractivity contribution in [3.05, 3.63) is 33.3 Å². The lowest BCUT2D eigenvalue weighted by molar-refractivity contribution is 0.633. The molecule has 1 aliphatic heterocycles. The molecular weight excluding hydrogens is 193 g/mol. The van der Waals surface area contributed by atoms with E-state index in [4.69, 9.17) is 25.9 Å². The molecule has 1 aromatic rings. The van der Waals surface area contributed by atoms with E-state index in [1.54, 1.807) is 12.1 Å². The van der Waals surface area contributed by atoms with Crippen LogP contribution in [0.15, 0.2) is 12.1 Å². The van der Waals surface area contributed by atoms with Crippen molar-refractivity contribution < 1.29 is 2.74 Å². The highest BCUT2D eigenvalue weighted by molar-refractivity contribution is 6.42. The summed E-state index contributed by atoms with van der Waals surface area (Å²) in [4.78, 5) is 0. The van der Waals surface area contributed by atoms with Crippen LogP contribution < -0.4 is 5.32 Å². The minimum Gasteiger partial charge on any atom is -0.306 e. The van der Waals surface area contributed by atoms with Crippen LogP contribution in [0.5, 0.6) is 0 Å². The van der Waals surface area contributed by atoms with Crippen LogP contribution >= 0.6 is 23.2 Å². The largest absolute Gasteiger partial charge is 0.306 e. The molecule has 1 N–H and O–H groups in total. The quantitative estimate of drug-likeness (QED) is 0.684. The van der Waals surface area contributed by atoms with E-state index in [1.165, 1.54) is 0 Å². The lowest BCUT2D eigenvalue weighted by Crippen LogP contribution is -2.06. The van der Waals surface area contributed by atoms with Gasteiger partial charge in [0.15, 0.2) is 0 Å². The van der Waals surface area contributed by atoms with E-state index < -0.39 is 6.50 Å². The Morgan fingerprint density at radius 3 is 2.92 bits per heavy atom. The molecule has 1 nitrogen and oxygen atoms in total. The van der Waals surface area contributed by atoms with Crippen molar-refractivity contribution >= 4 is 23.2 Å². The summed E-state index contributed by atoms with van der Waals surface area (Å²) in [5.41, 5.74) is 1.46. The highest BCUT2D eigenvalue weighted by atomic mass is 35.5. The summed E-state index contributed by atoms with van der Waals surface area (Å²) in [5.74, 6) is 0. The molecule has 12 heavy (non-hydrogen) atoms. The van der Waals surface area contributed by atoms with E-state index in [0.29, 0.717) is 15.6 Å². The molecule has 2 rings (SSSR count). The highest BCUT2D eigenvalue weighted by Gasteiger charge is 2.18. The van der Waals surface area contributed by atoms with Crippen molar-refractivity contribution in [1.82, 2.24) is 5.32 Å². The van der Waals surface area contributed by atoms with E-state index in [9.17, 15) is 0 Å². The van der Waals surface area contributed by atoms with Gasteiger partial charge in [0.1, 0.15) is 0 Å². The molecule has 0 spiro atoms. The van der Waals surface area contributed by atoms with Gasteiger partial charge in [0, 0.05) is 15.3 Å². The third kappa shape index (κ3) is 1.22. The monoisotopic (exact) mass is 203 g/mol. The van der Waals surface area contributed by atoms with Gasteiger partial charge < -0.3 is 5.32 Å². The van der Waals surface area contributed by atoms with E-state index >= 15 is 0 Å². The van der Waals surface area contributed by atoms with E-state index in [-0.39, 0.29) is 6.04 Å². The van der Waals surface area contributed by atoms with E-state index in [2.05, 4.69) is 5.32 Å². The van der Waals surface area contributed by atoms with Gasteiger partial charge in [-0.2, -0.15) is 0 Å². The zero-order chi connectivity index (χ0) is 10.5. The number of rotatable bonds is 0. The average molecular weight is 204 g/mol. The van der Waals surface area contributed by atoms with Gasteiger partial charge in [-0.1, -0.05) is 23.2 Å². The lowest BCUT2D eigenvalue weighted by Gasteiger charge is -2.05. The van der Waals surface area contributed by atoms with E-state index in [0.717, 1.165) is 5.56 Å². The fourth-order valence-electron chi connectivity index (χ4n) is 1.29. The molecule has 1 aliphatic rings. The Balaban J connectivity index is 2.64. The maximum Gasteiger partial charge on any atom is 0.0595 e. The average Bonchev–Trinajstić information content (AvgIpc) is 2.26. The molecule has 0 aromatic heterocycles. The molecule has 1 heterocycles. The van der Waals surface area contributed by atoms with Crippen LogP contribution in [0.4, 0.5) is 0 Å². The van der Waals surface area contributed by atoms with Crippen LogP contribution in [-0.2, 0) is 6.50 Å². The molecule has 0 radical (unpaired) electrons. The predicted octanol–water partition coefficient (Wildman–Crippen LogP) is 3.16. The highest BCUT2D eigenvalue weighted by Crippen LogP contribution is 2.32. The second-order valence-corrected chi connectivity index (χ2v) is 3.66. The number of halogens is 2. The lowest BCUT2D eigenvalue weighted by atomic mass is 10.1. The number of hydrogen-bond acceptors (Lipinski definition) is 1. The first-order chi connectivity index (χ1) is 6.42.